The van der Waals surface area contributed by atoms with Crippen molar-refractivity contribution in [2.45, 2.75) is 0 Å². The summed E-state index contributed by atoms with van der Waals surface area (Å²) in [6, 6.07) is 12.0. The van der Waals surface area contributed by atoms with E-state index in [2.05, 4.69) is 20.6 Å². The fourth-order valence-electron chi connectivity index (χ4n) is 3.07. The third-order valence-electron chi connectivity index (χ3n) is 4.10. The Hall–Kier alpha value is -3.87. The quantitative estimate of drug-likeness (QED) is 0.547. The summed E-state index contributed by atoms with van der Waals surface area (Å²) in [5.41, 5.74) is 9.92. The average molecular weight is 345 g/mol. The highest BCUT2D eigenvalue weighted by Gasteiger charge is 2.29. The highest BCUT2D eigenvalue weighted by atomic mass is 16.2. The van der Waals surface area contributed by atoms with Crippen molar-refractivity contribution >= 4 is 34.5 Å². The van der Waals surface area contributed by atoms with Crippen LogP contribution in [0.3, 0.4) is 0 Å². The molecule has 0 unspecified atom stereocenters. The monoisotopic (exact) mass is 345 g/mol. The molecule has 0 fully saturated rings. The molecule has 1 aliphatic heterocycles. The number of nitrogens with zero attached hydrogens (tertiary/aromatic N) is 1. The smallest absolute Gasteiger partial charge is 0.316 e. The Morgan fingerprint density at radius 2 is 2.04 bits per heavy atom. The molecule has 3 amide bonds. The van der Waals surface area contributed by atoms with E-state index in [1.807, 2.05) is 24.3 Å². The summed E-state index contributed by atoms with van der Waals surface area (Å²) in [6.07, 6.45) is 5.18. The summed E-state index contributed by atoms with van der Waals surface area (Å²) >= 11 is 0. The number of fused-ring (bicyclic) bond motifs is 1. The number of aromatic nitrogens is 2. The summed E-state index contributed by atoms with van der Waals surface area (Å²) in [5, 5.41) is 5.41. The molecule has 0 saturated heterocycles. The molecule has 0 radical (unpaired) electrons. The van der Waals surface area contributed by atoms with Crippen molar-refractivity contribution in [1.82, 2.24) is 9.97 Å². The lowest BCUT2D eigenvalue weighted by Gasteiger charge is -2.11. The lowest BCUT2D eigenvalue weighted by Crippen LogP contribution is -2.19. The van der Waals surface area contributed by atoms with E-state index in [1.54, 1.807) is 36.8 Å². The van der Waals surface area contributed by atoms with Gasteiger partial charge in [-0.1, -0.05) is 6.07 Å². The highest BCUT2D eigenvalue weighted by molar-refractivity contribution is 6.38. The van der Waals surface area contributed by atoms with E-state index in [0.29, 0.717) is 22.5 Å². The van der Waals surface area contributed by atoms with Gasteiger partial charge in [-0.05, 0) is 36.4 Å². The minimum atomic E-state index is -0.662. The maximum atomic E-state index is 12.8. The number of primary amides is 1. The molecule has 4 rings (SSSR count). The second-order valence-electron chi connectivity index (χ2n) is 5.78. The predicted molar refractivity (Wildman–Crippen MR) is 99.2 cm³/mol. The van der Waals surface area contributed by atoms with E-state index in [9.17, 15) is 9.59 Å². The van der Waals surface area contributed by atoms with Gasteiger partial charge in [-0.15, -0.1) is 0 Å². The minimum absolute atomic E-state index is 0.218. The number of nitrogens with one attached hydrogen (secondary N) is 3. The van der Waals surface area contributed by atoms with E-state index in [4.69, 9.17) is 5.73 Å². The Bertz CT molecular complexity index is 1020. The maximum absolute atomic E-state index is 12.8. The van der Waals surface area contributed by atoms with Gasteiger partial charge < -0.3 is 21.4 Å². The van der Waals surface area contributed by atoms with Crippen LogP contribution in [0.5, 0.6) is 0 Å². The molecular weight excluding hydrogens is 330 g/mol. The third kappa shape index (κ3) is 2.71. The molecule has 0 atom stereocenters. The van der Waals surface area contributed by atoms with Gasteiger partial charge in [-0.2, -0.15) is 0 Å². The van der Waals surface area contributed by atoms with Gasteiger partial charge in [0.25, 0.3) is 5.91 Å². The van der Waals surface area contributed by atoms with Crippen LogP contribution in [0.1, 0.15) is 16.8 Å². The number of amides is 3. The second kappa shape index (κ2) is 6.21. The van der Waals surface area contributed by atoms with E-state index < -0.39 is 6.03 Å². The molecule has 1 aliphatic rings. The van der Waals surface area contributed by atoms with Gasteiger partial charge >= 0.3 is 6.03 Å². The van der Waals surface area contributed by atoms with Crippen LogP contribution in [-0.4, -0.2) is 21.9 Å². The van der Waals surface area contributed by atoms with Crippen LogP contribution >= 0.6 is 0 Å². The summed E-state index contributed by atoms with van der Waals surface area (Å²) < 4.78 is 0. The van der Waals surface area contributed by atoms with Crippen molar-refractivity contribution in [1.29, 1.82) is 0 Å². The van der Waals surface area contributed by atoms with Gasteiger partial charge in [0.15, 0.2) is 0 Å². The van der Waals surface area contributed by atoms with E-state index in [0.717, 1.165) is 16.8 Å². The zero-order valence-corrected chi connectivity index (χ0v) is 13.6. The van der Waals surface area contributed by atoms with Crippen molar-refractivity contribution in [3.05, 3.63) is 77.9 Å². The van der Waals surface area contributed by atoms with E-state index >= 15 is 0 Å². The van der Waals surface area contributed by atoms with Gasteiger partial charge in [0.1, 0.15) is 0 Å². The largest absolute Gasteiger partial charge is 0.361 e. The van der Waals surface area contributed by atoms with Crippen LogP contribution in [-0.2, 0) is 4.79 Å². The number of hydrogen-bond acceptors (Lipinski definition) is 3. The third-order valence-corrected chi connectivity index (χ3v) is 4.10. The number of nitrogens with two attached hydrogens (primary N) is 1. The molecule has 0 spiro atoms. The number of carbonyl (C=O) groups excluding carboxylic acids is 2. The molecule has 0 saturated carbocycles. The number of pyridine rings is 1. The number of anilines is 2. The number of carbonyl (C=O) groups is 2. The lowest BCUT2D eigenvalue weighted by molar-refractivity contribution is -0.110. The molecule has 3 aromatic rings. The highest BCUT2D eigenvalue weighted by Crippen LogP contribution is 2.40. The lowest BCUT2D eigenvalue weighted by atomic mass is 9.94. The first-order valence-electron chi connectivity index (χ1n) is 7.94. The maximum Gasteiger partial charge on any atom is 0.316 e. The molecule has 7 heteroatoms. The van der Waals surface area contributed by atoms with Crippen molar-refractivity contribution in [3.63, 3.8) is 0 Å². The zero-order chi connectivity index (χ0) is 18.1. The van der Waals surface area contributed by atoms with Crippen LogP contribution in [0.15, 0.2) is 61.1 Å². The van der Waals surface area contributed by atoms with Gasteiger partial charge in [0.05, 0.1) is 5.57 Å². The Labute approximate surface area is 149 Å². The molecule has 3 heterocycles. The predicted octanol–water partition coefficient (Wildman–Crippen LogP) is 2.81. The molecule has 2 aromatic heterocycles. The number of rotatable bonds is 3. The van der Waals surface area contributed by atoms with Gasteiger partial charge in [0, 0.05) is 52.4 Å². The number of H-pyrrole nitrogens is 1. The molecule has 5 N–H and O–H groups in total. The van der Waals surface area contributed by atoms with Crippen LogP contribution in [0.25, 0.3) is 11.1 Å². The van der Waals surface area contributed by atoms with Gasteiger partial charge in [-0.25, -0.2) is 4.79 Å². The Kier molecular flexibility index (Phi) is 3.74. The number of aromatic amines is 1. The number of urea groups is 1. The zero-order valence-electron chi connectivity index (χ0n) is 13.6. The van der Waals surface area contributed by atoms with Crippen molar-refractivity contribution < 1.29 is 9.59 Å². The summed E-state index contributed by atoms with van der Waals surface area (Å²) in [5.74, 6) is -0.218. The van der Waals surface area contributed by atoms with E-state index in [1.165, 1.54) is 0 Å². The SMILES string of the molecule is NC(=O)Nc1ccc2c(c1)C(=C(c1cccnc1)c1ccc[nH]1)C(=O)N2. The minimum Gasteiger partial charge on any atom is -0.361 e. The Morgan fingerprint density at radius 3 is 2.73 bits per heavy atom. The van der Waals surface area contributed by atoms with Gasteiger partial charge in [-0.3, -0.25) is 9.78 Å². The fraction of sp³-hybridized carbons (Fsp3) is 0. The first kappa shape index (κ1) is 15.6. The number of benzene rings is 1. The fourth-order valence-corrected chi connectivity index (χ4v) is 3.07. The molecular formula is C19H15N5O2. The van der Waals surface area contributed by atoms with Crippen molar-refractivity contribution in [2.75, 3.05) is 10.6 Å². The molecule has 1 aromatic carbocycles. The van der Waals surface area contributed by atoms with Crippen LogP contribution in [0.4, 0.5) is 16.2 Å². The molecule has 0 aliphatic carbocycles. The van der Waals surface area contributed by atoms with Gasteiger partial charge in [0.2, 0.25) is 0 Å². The standard InChI is InChI=1S/C19H15N5O2/c20-19(26)23-12-5-6-14-13(9-12)17(18(25)24-14)16(15-4-2-8-22-15)11-3-1-7-21-10-11/h1-10,22H,(H,24,25)(H3,20,23,26). The molecule has 128 valence electrons. The summed E-state index contributed by atoms with van der Waals surface area (Å²) in [6.45, 7) is 0. The molecule has 7 nitrogen and oxygen atoms in total. The number of hydrogen-bond donors (Lipinski definition) is 4. The van der Waals surface area contributed by atoms with Crippen LogP contribution in [0.2, 0.25) is 0 Å². The summed E-state index contributed by atoms with van der Waals surface area (Å²) in [7, 11) is 0. The van der Waals surface area contributed by atoms with Crippen molar-refractivity contribution in [2.24, 2.45) is 5.73 Å². The van der Waals surface area contributed by atoms with E-state index in [-0.39, 0.29) is 5.91 Å². The second-order valence-corrected chi connectivity index (χ2v) is 5.78. The topological polar surface area (TPSA) is 113 Å². The van der Waals surface area contributed by atoms with Crippen LogP contribution < -0.4 is 16.4 Å². The first-order chi connectivity index (χ1) is 12.6. The summed E-state index contributed by atoms with van der Waals surface area (Å²) in [4.78, 5) is 31.2. The van der Waals surface area contributed by atoms with Crippen LogP contribution in [0, 0.1) is 0 Å². The Morgan fingerprint density at radius 1 is 1.15 bits per heavy atom. The van der Waals surface area contributed by atoms with Crippen molar-refractivity contribution in [3.8, 4) is 0 Å². The first-order valence-corrected chi connectivity index (χ1v) is 7.94. The normalized spacial score (nSPS) is 14.5. The molecule has 26 heavy (non-hydrogen) atoms. The Balaban J connectivity index is 1.97. The average Bonchev–Trinajstić information content (AvgIpc) is 3.25. The molecule has 0 bridgehead atoms.